The van der Waals surface area contributed by atoms with Crippen molar-refractivity contribution in [3.8, 4) is 5.75 Å². The number of anilines is 1. The first-order chi connectivity index (χ1) is 9.67. The van der Waals surface area contributed by atoms with Gasteiger partial charge in [0.15, 0.2) is 5.82 Å². The molecule has 1 aromatic heterocycles. The zero-order valence-electron chi connectivity index (χ0n) is 11.3. The summed E-state index contributed by atoms with van der Waals surface area (Å²) in [4.78, 5) is 0. The number of benzene rings is 1. The fraction of sp³-hybridized carbons (Fsp3) is 0.429. The minimum absolute atomic E-state index is 0.0935. The second-order valence-corrected chi connectivity index (χ2v) is 5.97. The molecule has 0 saturated carbocycles. The van der Waals surface area contributed by atoms with Crippen LogP contribution in [0.2, 0.25) is 0 Å². The first kappa shape index (κ1) is 13.4. The Labute approximate surface area is 126 Å². The molecule has 5 nitrogen and oxygen atoms in total. The van der Waals surface area contributed by atoms with Crippen LogP contribution in [0.1, 0.15) is 24.6 Å². The topological polar surface area (TPSA) is 66.0 Å². The smallest absolute Gasteiger partial charge is 0.169 e. The minimum atomic E-state index is 0.0935. The summed E-state index contributed by atoms with van der Waals surface area (Å²) in [5.41, 5.74) is 8.10. The van der Waals surface area contributed by atoms with Crippen molar-refractivity contribution in [2.45, 2.75) is 38.8 Å². The zero-order chi connectivity index (χ0) is 14.1. The number of nitrogens with zero attached hydrogens (tertiary/aromatic N) is 3. The summed E-state index contributed by atoms with van der Waals surface area (Å²) >= 11 is 3.49. The van der Waals surface area contributed by atoms with Gasteiger partial charge in [0, 0.05) is 10.9 Å². The van der Waals surface area contributed by atoms with Crippen molar-refractivity contribution in [2.24, 2.45) is 0 Å². The van der Waals surface area contributed by atoms with Crippen LogP contribution in [0.4, 0.5) is 5.82 Å². The number of ether oxygens (including phenoxy) is 1. The third-order valence-corrected chi connectivity index (χ3v) is 3.99. The fourth-order valence-corrected chi connectivity index (χ4v) is 2.98. The first-order valence-electron chi connectivity index (χ1n) is 6.80. The second kappa shape index (κ2) is 5.44. The van der Waals surface area contributed by atoms with E-state index in [1.165, 1.54) is 5.56 Å². The van der Waals surface area contributed by atoms with Gasteiger partial charge >= 0.3 is 0 Å². The van der Waals surface area contributed by atoms with E-state index < -0.39 is 0 Å². The lowest BCUT2D eigenvalue weighted by molar-refractivity contribution is 0.200. The van der Waals surface area contributed by atoms with Gasteiger partial charge in [-0.2, -0.15) is 0 Å². The number of hydrogen-bond acceptors (Lipinski definition) is 4. The van der Waals surface area contributed by atoms with Crippen molar-refractivity contribution in [3.05, 3.63) is 33.9 Å². The van der Waals surface area contributed by atoms with Crippen LogP contribution in [0.5, 0.6) is 5.75 Å². The predicted molar refractivity (Wildman–Crippen MR) is 80.7 cm³/mol. The normalized spacial score (nSPS) is 17.0. The first-order valence-corrected chi connectivity index (χ1v) is 7.59. The summed E-state index contributed by atoms with van der Waals surface area (Å²) in [5.74, 6) is 1.49. The van der Waals surface area contributed by atoms with E-state index in [0.717, 1.165) is 35.2 Å². The highest BCUT2D eigenvalue weighted by Gasteiger charge is 2.25. The highest BCUT2D eigenvalue weighted by Crippen LogP contribution is 2.31. The Balaban J connectivity index is 1.75. The van der Waals surface area contributed by atoms with E-state index in [1.54, 1.807) is 0 Å². The quantitative estimate of drug-likeness (QED) is 0.931. The molecular formula is C14H17BrN4O. The molecule has 6 heteroatoms. The number of halogens is 1. The molecule has 106 valence electrons. The van der Waals surface area contributed by atoms with Crippen molar-refractivity contribution in [3.63, 3.8) is 0 Å². The standard InChI is InChI=1S/C14H17BrN4O/c1-2-3-12-14(16)17-18-19(12)8-11-7-9-6-10(15)4-5-13(9)20-11/h4-6,11H,2-3,7-8,16H2,1H3. The number of rotatable bonds is 4. The van der Waals surface area contributed by atoms with Gasteiger partial charge in [-0.05, 0) is 30.2 Å². The molecule has 2 heterocycles. The Morgan fingerprint density at radius 1 is 1.50 bits per heavy atom. The van der Waals surface area contributed by atoms with Crippen LogP contribution in [-0.2, 0) is 19.4 Å². The van der Waals surface area contributed by atoms with Gasteiger partial charge in [-0.1, -0.05) is 34.5 Å². The number of hydrogen-bond donors (Lipinski definition) is 1. The molecule has 0 fully saturated rings. The summed E-state index contributed by atoms with van der Waals surface area (Å²) in [7, 11) is 0. The predicted octanol–water partition coefficient (Wildman–Crippen LogP) is 2.58. The Bertz CT molecular complexity index is 626. The van der Waals surface area contributed by atoms with E-state index in [1.807, 2.05) is 16.8 Å². The molecule has 0 amide bonds. The van der Waals surface area contributed by atoms with Crippen LogP contribution in [-0.4, -0.2) is 21.1 Å². The van der Waals surface area contributed by atoms with Gasteiger partial charge in [0.1, 0.15) is 11.9 Å². The second-order valence-electron chi connectivity index (χ2n) is 5.05. The Kier molecular flexibility index (Phi) is 3.65. The van der Waals surface area contributed by atoms with Crippen molar-refractivity contribution >= 4 is 21.7 Å². The van der Waals surface area contributed by atoms with Crippen molar-refractivity contribution in [1.82, 2.24) is 15.0 Å². The number of aromatic nitrogens is 3. The number of nitrogens with two attached hydrogens (primary N) is 1. The molecule has 1 atom stereocenters. The summed E-state index contributed by atoms with van der Waals surface area (Å²) in [6.45, 7) is 2.81. The molecular weight excluding hydrogens is 320 g/mol. The molecule has 0 aliphatic carbocycles. The maximum absolute atomic E-state index is 5.96. The summed E-state index contributed by atoms with van der Waals surface area (Å²) < 4.78 is 8.92. The Hall–Kier alpha value is -1.56. The van der Waals surface area contributed by atoms with Gasteiger partial charge in [-0.25, -0.2) is 4.68 Å². The molecule has 0 bridgehead atoms. The average molecular weight is 337 g/mol. The van der Waals surface area contributed by atoms with Crippen LogP contribution in [0.3, 0.4) is 0 Å². The lowest BCUT2D eigenvalue weighted by Crippen LogP contribution is -2.23. The molecule has 1 aliphatic heterocycles. The molecule has 1 aromatic carbocycles. The molecule has 2 aromatic rings. The molecule has 2 N–H and O–H groups in total. The van der Waals surface area contributed by atoms with Gasteiger partial charge in [-0.3, -0.25) is 0 Å². The fourth-order valence-electron chi connectivity index (χ4n) is 2.57. The van der Waals surface area contributed by atoms with Crippen LogP contribution >= 0.6 is 15.9 Å². The van der Waals surface area contributed by atoms with Gasteiger partial charge in [-0.15, -0.1) is 5.10 Å². The lowest BCUT2D eigenvalue weighted by Gasteiger charge is -2.12. The maximum Gasteiger partial charge on any atom is 0.169 e. The maximum atomic E-state index is 5.96. The van der Waals surface area contributed by atoms with Gasteiger partial charge < -0.3 is 10.5 Å². The molecule has 20 heavy (non-hydrogen) atoms. The molecule has 1 unspecified atom stereocenters. The van der Waals surface area contributed by atoms with Gasteiger partial charge in [0.05, 0.1) is 12.2 Å². The molecule has 0 radical (unpaired) electrons. The molecule has 0 spiro atoms. The number of fused-ring (bicyclic) bond motifs is 1. The SMILES string of the molecule is CCCc1c(N)nnn1CC1Cc2cc(Br)ccc2O1. The third kappa shape index (κ3) is 2.52. The minimum Gasteiger partial charge on any atom is -0.488 e. The van der Waals surface area contributed by atoms with Crippen molar-refractivity contribution in [1.29, 1.82) is 0 Å². The van der Waals surface area contributed by atoms with E-state index in [-0.39, 0.29) is 6.10 Å². The highest BCUT2D eigenvalue weighted by molar-refractivity contribution is 9.10. The summed E-state index contributed by atoms with van der Waals surface area (Å²) in [6.07, 6.45) is 2.90. The van der Waals surface area contributed by atoms with Crippen LogP contribution in [0.15, 0.2) is 22.7 Å². The van der Waals surface area contributed by atoms with Crippen molar-refractivity contribution < 1.29 is 4.74 Å². The van der Waals surface area contributed by atoms with E-state index >= 15 is 0 Å². The van der Waals surface area contributed by atoms with Crippen molar-refractivity contribution in [2.75, 3.05) is 5.73 Å². The van der Waals surface area contributed by atoms with Crippen LogP contribution < -0.4 is 10.5 Å². The largest absolute Gasteiger partial charge is 0.488 e. The van der Waals surface area contributed by atoms with E-state index in [0.29, 0.717) is 12.4 Å². The van der Waals surface area contributed by atoms with E-state index in [4.69, 9.17) is 10.5 Å². The molecule has 3 rings (SSSR count). The van der Waals surface area contributed by atoms with Crippen LogP contribution in [0.25, 0.3) is 0 Å². The Morgan fingerprint density at radius 2 is 2.35 bits per heavy atom. The molecule has 1 aliphatic rings. The molecule has 0 saturated heterocycles. The summed E-state index contributed by atoms with van der Waals surface area (Å²) in [5, 5.41) is 8.10. The summed E-state index contributed by atoms with van der Waals surface area (Å²) in [6, 6.07) is 6.11. The number of nitrogen functional groups attached to an aromatic ring is 1. The highest BCUT2D eigenvalue weighted by atomic mass is 79.9. The monoisotopic (exact) mass is 336 g/mol. The third-order valence-electron chi connectivity index (χ3n) is 3.49. The van der Waals surface area contributed by atoms with E-state index in [9.17, 15) is 0 Å². The van der Waals surface area contributed by atoms with Gasteiger partial charge in [0.25, 0.3) is 0 Å². The zero-order valence-corrected chi connectivity index (χ0v) is 12.9. The average Bonchev–Trinajstić information content (AvgIpc) is 2.96. The van der Waals surface area contributed by atoms with E-state index in [2.05, 4.69) is 39.2 Å². The lowest BCUT2D eigenvalue weighted by atomic mass is 10.1. The van der Waals surface area contributed by atoms with Gasteiger partial charge in [0.2, 0.25) is 0 Å². The van der Waals surface area contributed by atoms with Crippen LogP contribution in [0, 0.1) is 0 Å². The Morgan fingerprint density at radius 3 is 3.15 bits per heavy atom.